The van der Waals surface area contributed by atoms with Crippen LogP contribution in [0.25, 0.3) is 12.2 Å². The highest BCUT2D eigenvalue weighted by Crippen LogP contribution is 2.27. The molecule has 0 aliphatic carbocycles. The van der Waals surface area contributed by atoms with Gasteiger partial charge in [0.05, 0.1) is 6.78 Å². The molecule has 27 heavy (non-hydrogen) atoms. The van der Waals surface area contributed by atoms with Crippen LogP contribution in [-0.4, -0.2) is 11.1 Å². The van der Waals surface area contributed by atoms with Gasteiger partial charge >= 0.3 is 5.97 Å². The summed E-state index contributed by atoms with van der Waals surface area (Å²) in [6.45, 7) is 5.28. The van der Waals surface area contributed by atoms with Crippen molar-refractivity contribution in [3.63, 3.8) is 0 Å². The van der Waals surface area contributed by atoms with Crippen LogP contribution in [0.4, 0.5) is 0 Å². The molecule has 0 amide bonds. The van der Waals surface area contributed by atoms with Gasteiger partial charge in [-0.3, -0.25) is 4.79 Å². The fourth-order valence-electron chi connectivity index (χ4n) is 2.01. The maximum Gasteiger partial charge on any atom is 0.308 e. The van der Waals surface area contributed by atoms with E-state index in [-0.39, 0.29) is 5.97 Å². The molecule has 0 radical (unpaired) electrons. The number of aromatic hydroxyl groups is 1. The van der Waals surface area contributed by atoms with Gasteiger partial charge in [0.2, 0.25) is 0 Å². The molecular weight excluding hydrogens is 608 g/mol. The van der Waals surface area contributed by atoms with Gasteiger partial charge in [0.15, 0.2) is 0 Å². The molecule has 7 heteroatoms. The third-order valence-electron chi connectivity index (χ3n) is 3.14. The van der Waals surface area contributed by atoms with Crippen LogP contribution in [0.15, 0.2) is 43.2 Å². The maximum atomic E-state index is 10.9. The van der Waals surface area contributed by atoms with E-state index in [1.807, 2.05) is 50.3 Å². The summed E-state index contributed by atoms with van der Waals surface area (Å²) < 4.78 is 6.71. The van der Waals surface area contributed by atoms with Gasteiger partial charge in [0.1, 0.15) is 11.5 Å². The van der Waals surface area contributed by atoms with E-state index in [1.54, 1.807) is 12.1 Å². The van der Waals surface area contributed by atoms with Crippen LogP contribution >= 0.6 is 63.7 Å². The van der Waals surface area contributed by atoms with Gasteiger partial charge in [-0.25, -0.2) is 0 Å². The summed E-state index contributed by atoms with van der Waals surface area (Å²) in [6, 6.07) is 11.2. The normalized spacial score (nSPS) is 9.59. The number of hydrogen-bond acceptors (Lipinski definition) is 3. The standard InChI is InChI=1S/C11H10Br2O2.C9H8Br2O/c1-7-3-4-9(6-11(12)13)10(5-7)15-8(2)14;1-6-2-3-7(5-9(10)11)8(12)4-6/h3-6H,1-2H3;2-5,12H,1H3. The lowest BCUT2D eigenvalue weighted by atomic mass is 10.1. The second-order valence-electron chi connectivity index (χ2n) is 5.57. The van der Waals surface area contributed by atoms with E-state index >= 15 is 0 Å². The van der Waals surface area contributed by atoms with Crippen LogP contribution in [0.3, 0.4) is 0 Å². The van der Waals surface area contributed by atoms with Crippen molar-refractivity contribution in [2.75, 3.05) is 0 Å². The van der Waals surface area contributed by atoms with Crippen molar-refractivity contribution in [3.8, 4) is 11.5 Å². The number of hydrogen-bond donors (Lipinski definition) is 1. The van der Waals surface area contributed by atoms with Crippen LogP contribution in [0, 0.1) is 13.8 Å². The highest BCUT2D eigenvalue weighted by molar-refractivity contribution is 9.28. The molecule has 0 saturated carbocycles. The van der Waals surface area contributed by atoms with Gasteiger partial charge in [-0.15, -0.1) is 0 Å². The summed E-state index contributed by atoms with van der Waals surface area (Å²) in [6.07, 6.45) is 3.63. The smallest absolute Gasteiger partial charge is 0.308 e. The van der Waals surface area contributed by atoms with Gasteiger partial charge < -0.3 is 9.84 Å². The Balaban J connectivity index is 0.000000277. The number of rotatable bonds is 3. The Morgan fingerprint density at radius 1 is 0.889 bits per heavy atom. The van der Waals surface area contributed by atoms with Gasteiger partial charge in [-0.05, 0) is 113 Å². The van der Waals surface area contributed by atoms with E-state index in [4.69, 9.17) is 4.74 Å². The number of esters is 1. The third kappa shape index (κ3) is 9.74. The van der Waals surface area contributed by atoms with Gasteiger partial charge in [-0.1, -0.05) is 24.3 Å². The second-order valence-corrected chi connectivity index (χ2v) is 11.1. The van der Waals surface area contributed by atoms with E-state index in [0.29, 0.717) is 11.5 Å². The molecule has 0 unspecified atom stereocenters. The fraction of sp³-hybridized carbons (Fsp3) is 0.150. The topological polar surface area (TPSA) is 46.5 Å². The zero-order valence-electron chi connectivity index (χ0n) is 14.9. The molecular formula is C20H18Br4O3. The summed E-state index contributed by atoms with van der Waals surface area (Å²) >= 11 is 13.0. The number of aryl methyl sites for hydroxylation is 2. The van der Waals surface area contributed by atoms with Crippen molar-refractivity contribution >= 4 is 81.8 Å². The fourth-order valence-corrected chi connectivity index (χ4v) is 3.00. The van der Waals surface area contributed by atoms with Crippen LogP contribution in [0.5, 0.6) is 11.5 Å². The Bertz CT molecular complexity index is 866. The zero-order valence-corrected chi connectivity index (χ0v) is 21.2. The first kappa shape index (κ1) is 24.1. The number of carbonyl (C=O) groups is 1. The van der Waals surface area contributed by atoms with E-state index in [0.717, 1.165) is 29.0 Å². The number of phenols is 1. The zero-order chi connectivity index (χ0) is 20.6. The van der Waals surface area contributed by atoms with E-state index in [2.05, 4.69) is 63.7 Å². The number of halogens is 4. The Morgan fingerprint density at radius 3 is 1.85 bits per heavy atom. The predicted molar refractivity (Wildman–Crippen MR) is 127 cm³/mol. The van der Waals surface area contributed by atoms with Crippen molar-refractivity contribution in [1.29, 1.82) is 0 Å². The molecule has 0 atom stereocenters. The van der Waals surface area contributed by atoms with Crippen molar-refractivity contribution in [1.82, 2.24) is 0 Å². The molecule has 0 saturated heterocycles. The summed E-state index contributed by atoms with van der Waals surface area (Å²) in [4.78, 5) is 10.9. The maximum absolute atomic E-state index is 10.9. The van der Waals surface area contributed by atoms with Crippen molar-refractivity contribution in [2.45, 2.75) is 20.8 Å². The minimum atomic E-state index is -0.319. The monoisotopic (exact) mass is 622 g/mol. The van der Waals surface area contributed by atoms with Crippen LogP contribution in [0.2, 0.25) is 0 Å². The largest absolute Gasteiger partial charge is 0.507 e. The lowest BCUT2D eigenvalue weighted by molar-refractivity contribution is -0.131. The van der Waals surface area contributed by atoms with E-state index in [1.165, 1.54) is 6.92 Å². The van der Waals surface area contributed by atoms with Crippen LogP contribution in [-0.2, 0) is 4.79 Å². The first-order valence-corrected chi connectivity index (χ1v) is 10.9. The Labute approximate surface area is 193 Å². The Morgan fingerprint density at radius 2 is 1.37 bits per heavy atom. The lowest BCUT2D eigenvalue weighted by Gasteiger charge is -2.06. The van der Waals surface area contributed by atoms with Gasteiger partial charge in [0, 0.05) is 18.1 Å². The first-order chi connectivity index (χ1) is 12.6. The predicted octanol–water partition coefficient (Wildman–Crippen LogP) is 7.80. The molecule has 0 bridgehead atoms. The average molecular weight is 626 g/mol. The summed E-state index contributed by atoms with van der Waals surface area (Å²) in [7, 11) is 0. The van der Waals surface area contributed by atoms with Crippen molar-refractivity contribution in [3.05, 3.63) is 65.4 Å². The molecule has 2 aromatic carbocycles. The van der Waals surface area contributed by atoms with E-state index in [9.17, 15) is 9.90 Å². The van der Waals surface area contributed by atoms with Gasteiger partial charge in [-0.2, -0.15) is 0 Å². The number of carbonyl (C=O) groups excluding carboxylic acids is 1. The molecule has 0 aromatic heterocycles. The molecule has 3 nitrogen and oxygen atoms in total. The van der Waals surface area contributed by atoms with Crippen LogP contribution in [0.1, 0.15) is 29.2 Å². The molecule has 144 valence electrons. The van der Waals surface area contributed by atoms with Crippen LogP contribution < -0.4 is 4.74 Å². The third-order valence-corrected chi connectivity index (χ3v) is 4.05. The number of ether oxygens (including phenoxy) is 1. The summed E-state index contributed by atoms with van der Waals surface area (Å²) in [5.74, 6) is 0.547. The molecule has 0 spiro atoms. The Kier molecular flexibility index (Phi) is 10.6. The molecule has 0 aliphatic rings. The highest BCUT2D eigenvalue weighted by Gasteiger charge is 2.05. The number of benzene rings is 2. The molecule has 0 fully saturated rings. The lowest BCUT2D eigenvalue weighted by Crippen LogP contribution is -2.02. The molecule has 1 N–H and O–H groups in total. The molecule has 2 aromatic rings. The van der Waals surface area contributed by atoms with E-state index < -0.39 is 0 Å². The van der Waals surface area contributed by atoms with Gasteiger partial charge in [0.25, 0.3) is 0 Å². The molecule has 2 rings (SSSR count). The van der Waals surface area contributed by atoms with Crippen molar-refractivity contribution in [2.24, 2.45) is 0 Å². The highest BCUT2D eigenvalue weighted by atomic mass is 79.9. The quantitative estimate of drug-likeness (QED) is 0.280. The summed E-state index contributed by atoms with van der Waals surface area (Å²) in [5, 5.41) is 9.45. The second kappa shape index (κ2) is 11.8. The SMILES string of the molecule is CC(=O)Oc1cc(C)ccc1C=C(Br)Br.Cc1ccc(C=C(Br)Br)c(O)c1. The average Bonchev–Trinajstić information content (AvgIpc) is 2.52. The Hall–Kier alpha value is -0.890. The molecule has 0 heterocycles. The minimum Gasteiger partial charge on any atom is -0.507 e. The van der Waals surface area contributed by atoms with Crippen molar-refractivity contribution < 1.29 is 14.6 Å². The number of phenolic OH excluding ortho intramolecular Hbond substituents is 1. The first-order valence-electron chi connectivity index (χ1n) is 7.72. The minimum absolute atomic E-state index is 0.298. The summed E-state index contributed by atoms with van der Waals surface area (Å²) in [5.41, 5.74) is 3.74. The molecule has 0 aliphatic heterocycles.